The Hall–Kier alpha value is -5.15. The summed E-state index contributed by atoms with van der Waals surface area (Å²) < 4.78 is 4.65. The standard InChI is InChI=1S/C35H23N3/c1-3-11-25(12-4-1)37-31-18-8-7-15-30(31)34-27(16-9-19-32(34)37)24-20-21-28-29-17-10-22-36-35(29)38(33(28)23-24)26-13-5-2-6-14-26/h1-23H. The first-order valence-corrected chi connectivity index (χ1v) is 12.9. The average Bonchev–Trinajstić information content (AvgIpc) is 3.51. The molecular weight excluding hydrogens is 462 g/mol. The van der Waals surface area contributed by atoms with E-state index in [-0.39, 0.29) is 0 Å². The molecule has 3 heterocycles. The van der Waals surface area contributed by atoms with Crippen LogP contribution in [0.1, 0.15) is 0 Å². The second kappa shape index (κ2) is 8.19. The monoisotopic (exact) mass is 485 g/mol. The Bertz CT molecular complexity index is 2120. The van der Waals surface area contributed by atoms with Crippen LogP contribution in [-0.2, 0) is 0 Å². The molecule has 0 unspecified atom stereocenters. The molecule has 0 atom stereocenters. The fraction of sp³-hybridized carbons (Fsp3) is 0. The Morgan fingerprint density at radius 3 is 1.95 bits per heavy atom. The van der Waals surface area contributed by atoms with Crippen LogP contribution in [0.3, 0.4) is 0 Å². The highest BCUT2D eigenvalue weighted by Crippen LogP contribution is 2.40. The van der Waals surface area contributed by atoms with Crippen LogP contribution in [0.15, 0.2) is 140 Å². The van der Waals surface area contributed by atoms with Crippen LogP contribution in [0.25, 0.3) is 66.2 Å². The zero-order valence-electron chi connectivity index (χ0n) is 20.6. The van der Waals surface area contributed by atoms with Gasteiger partial charge in [0.15, 0.2) is 0 Å². The fourth-order valence-electron chi connectivity index (χ4n) is 5.96. The molecule has 38 heavy (non-hydrogen) atoms. The highest BCUT2D eigenvalue weighted by atomic mass is 15.0. The molecule has 0 aliphatic carbocycles. The van der Waals surface area contributed by atoms with Gasteiger partial charge in [0, 0.05) is 39.1 Å². The Labute approximate surface area is 219 Å². The Morgan fingerprint density at radius 1 is 0.447 bits per heavy atom. The first kappa shape index (κ1) is 21.0. The second-order valence-electron chi connectivity index (χ2n) is 9.67. The topological polar surface area (TPSA) is 22.8 Å². The SMILES string of the molecule is c1ccc(-n2c3ccccc3c3c(-c4ccc5c6cccnc6n(-c6ccccc6)c5c4)cccc32)cc1. The smallest absolute Gasteiger partial charge is 0.145 e. The summed E-state index contributed by atoms with van der Waals surface area (Å²) in [6.07, 6.45) is 1.88. The summed E-state index contributed by atoms with van der Waals surface area (Å²) in [4.78, 5) is 4.78. The summed E-state index contributed by atoms with van der Waals surface area (Å²) in [5.74, 6) is 0. The van der Waals surface area contributed by atoms with Crippen molar-refractivity contribution in [2.24, 2.45) is 0 Å². The Kier molecular flexibility index (Phi) is 4.52. The maximum absolute atomic E-state index is 4.78. The lowest BCUT2D eigenvalue weighted by Gasteiger charge is -2.10. The zero-order valence-corrected chi connectivity index (χ0v) is 20.6. The molecule has 178 valence electrons. The van der Waals surface area contributed by atoms with Crippen molar-refractivity contribution in [2.75, 3.05) is 0 Å². The van der Waals surface area contributed by atoms with E-state index in [9.17, 15) is 0 Å². The summed E-state index contributed by atoms with van der Waals surface area (Å²) in [6.45, 7) is 0. The van der Waals surface area contributed by atoms with Gasteiger partial charge in [0.2, 0.25) is 0 Å². The van der Waals surface area contributed by atoms with Crippen LogP contribution in [0, 0.1) is 0 Å². The molecule has 0 radical (unpaired) electrons. The normalized spacial score (nSPS) is 11.7. The first-order chi connectivity index (χ1) is 18.9. The summed E-state index contributed by atoms with van der Waals surface area (Å²) in [5, 5.41) is 4.90. The predicted octanol–water partition coefficient (Wildman–Crippen LogP) is 8.94. The third kappa shape index (κ3) is 2.99. The van der Waals surface area contributed by atoms with Gasteiger partial charge in [-0.15, -0.1) is 0 Å². The third-order valence-electron chi connectivity index (χ3n) is 7.56. The molecular formula is C35H23N3. The number of pyridine rings is 1. The number of hydrogen-bond acceptors (Lipinski definition) is 1. The van der Waals surface area contributed by atoms with E-state index in [1.807, 2.05) is 12.3 Å². The number of para-hydroxylation sites is 3. The lowest BCUT2D eigenvalue weighted by molar-refractivity contribution is 1.14. The molecule has 0 aliphatic heterocycles. The van der Waals surface area contributed by atoms with E-state index in [1.54, 1.807) is 0 Å². The molecule has 0 spiro atoms. The fourth-order valence-corrected chi connectivity index (χ4v) is 5.96. The van der Waals surface area contributed by atoms with E-state index >= 15 is 0 Å². The van der Waals surface area contributed by atoms with E-state index in [1.165, 1.54) is 44.0 Å². The van der Waals surface area contributed by atoms with Crippen molar-refractivity contribution in [3.8, 4) is 22.5 Å². The molecule has 0 N–H and O–H groups in total. The van der Waals surface area contributed by atoms with Gasteiger partial charge in [0.1, 0.15) is 5.65 Å². The van der Waals surface area contributed by atoms with Crippen LogP contribution in [0.2, 0.25) is 0 Å². The highest BCUT2D eigenvalue weighted by Gasteiger charge is 2.18. The number of fused-ring (bicyclic) bond motifs is 6. The maximum atomic E-state index is 4.78. The molecule has 3 nitrogen and oxygen atoms in total. The van der Waals surface area contributed by atoms with Crippen molar-refractivity contribution >= 4 is 43.7 Å². The van der Waals surface area contributed by atoms with Crippen molar-refractivity contribution in [1.82, 2.24) is 14.1 Å². The molecule has 0 fully saturated rings. The largest absolute Gasteiger partial charge is 0.309 e. The summed E-state index contributed by atoms with van der Waals surface area (Å²) in [5.41, 5.74) is 9.26. The first-order valence-electron chi connectivity index (χ1n) is 12.9. The van der Waals surface area contributed by atoms with Crippen LogP contribution >= 0.6 is 0 Å². The van der Waals surface area contributed by atoms with Crippen LogP contribution in [0.4, 0.5) is 0 Å². The molecule has 3 heteroatoms. The zero-order chi connectivity index (χ0) is 25.1. The molecule has 0 saturated carbocycles. The van der Waals surface area contributed by atoms with Gasteiger partial charge in [-0.05, 0) is 65.7 Å². The van der Waals surface area contributed by atoms with Crippen LogP contribution < -0.4 is 0 Å². The van der Waals surface area contributed by atoms with E-state index < -0.39 is 0 Å². The van der Waals surface area contributed by atoms with E-state index in [2.05, 4.69) is 137 Å². The van der Waals surface area contributed by atoms with Crippen molar-refractivity contribution in [3.63, 3.8) is 0 Å². The van der Waals surface area contributed by atoms with Crippen molar-refractivity contribution in [1.29, 1.82) is 0 Å². The molecule has 8 aromatic rings. The van der Waals surface area contributed by atoms with Gasteiger partial charge in [0.05, 0.1) is 16.6 Å². The maximum Gasteiger partial charge on any atom is 0.145 e. The number of aromatic nitrogens is 3. The molecule has 0 aliphatic rings. The van der Waals surface area contributed by atoms with E-state index in [0.717, 1.165) is 22.2 Å². The minimum absolute atomic E-state index is 0.977. The quantitative estimate of drug-likeness (QED) is 0.245. The van der Waals surface area contributed by atoms with Crippen molar-refractivity contribution < 1.29 is 0 Å². The van der Waals surface area contributed by atoms with Gasteiger partial charge in [0.25, 0.3) is 0 Å². The summed E-state index contributed by atoms with van der Waals surface area (Å²) in [6, 6.07) is 47.5. The van der Waals surface area contributed by atoms with Gasteiger partial charge >= 0.3 is 0 Å². The van der Waals surface area contributed by atoms with Crippen LogP contribution in [0.5, 0.6) is 0 Å². The van der Waals surface area contributed by atoms with Gasteiger partial charge in [-0.1, -0.05) is 78.9 Å². The Morgan fingerprint density at radius 2 is 1.13 bits per heavy atom. The molecule has 3 aromatic heterocycles. The number of rotatable bonds is 3. The van der Waals surface area contributed by atoms with Gasteiger partial charge in [-0.2, -0.15) is 0 Å². The van der Waals surface area contributed by atoms with Gasteiger partial charge < -0.3 is 4.57 Å². The second-order valence-corrected chi connectivity index (χ2v) is 9.67. The summed E-state index contributed by atoms with van der Waals surface area (Å²) in [7, 11) is 0. The van der Waals surface area contributed by atoms with Gasteiger partial charge in [-0.3, -0.25) is 4.57 Å². The molecule has 0 bridgehead atoms. The van der Waals surface area contributed by atoms with Gasteiger partial charge in [-0.25, -0.2) is 4.98 Å². The third-order valence-corrected chi connectivity index (χ3v) is 7.56. The van der Waals surface area contributed by atoms with Crippen molar-refractivity contribution in [3.05, 3.63) is 140 Å². The number of hydrogen-bond donors (Lipinski definition) is 0. The summed E-state index contributed by atoms with van der Waals surface area (Å²) >= 11 is 0. The molecule has 0 amide bonds. The lowest BCUT2D eigenvalue weighted by Crippen LogP contribution is -1.95. The highest BCUT2D eigenvalue weighted by molar-refractivity contribution is 6.17. The molecule has 0 saturated heterocycles. The van der Waals surface area contributed by atoms with Crippen molar-refractivity contribution in [2.45, 2.75) is 0 Å². The number of benzene rings is 5. The van der Waals surface area contributed by atoms with E-state index in [4.69, 9.17) is 4.98 Å². The molecule has 8 rings (SSSR count). The Balaban J connectivity index is 1.46. The molecule has 5 aromatic carbocycles. The average molecular weight is 486 g/mol. The minimum atomic E-state index is 0.977. The number of nitrogens with zero attached hydrogens (tertiary/aromatic N) is 3. The predicted molar refractivity (Wildman–Crippen MR) is 158 cm³/mol. The minimum Gasteiger partial charge on any atom is -0.309 e. The lowest BCUT2D eigenvalue weighted by atomic mass is 9.98. The van der Waals surface area contributed by atoms with Crippen LogP contribution in [-0.4, -0.2) is 14.1 Å². The van der Waals surface area contributed by atoms with E-state index in [0.29, 0.717) is 0 Å².